The minimum absolute atomic E-state index is 0.174. The zero-order valence-corrected chi connectivity index (χ0v) is 13.9. The molecule has 128 valence electrons. The molecule has 0 saturated heterocycles. The van der Waals surface area contributed by atoms with E-state index in [0.29, 0.717) is 31.0 Å². The quantitative estimate of drug-likeness (QED) is 0.650. The Morgan fingerprint density at radius 3 is 3.12 bits per heavy atom. The lowest BCUT2D eigenvalue weighted by Crippen LogP contribution is -2.38. The van der Waals surface area contributed by atoms with Crippen LogP contribution in [-0.4, -0.2) is 46.2 Å². The summed E-state index contributed by atoms with van der Waals surface area (Å²) in [5.74, 6) is 0.606. The molecule has 3 heterocycles. The average molecular weight is 337 g/mol. The Morgan fingerprint density at radius 2 is 2.20 bits per heavy atom. The number of rotatable bonds is 0. The minimum Gasteiger partial charge on any atom is -0.492 e. The summed E-state index contributed by atoms with van der Waals surface area (Å²) in [6.45, 7) is 3.79. The van der Waals surface area contributed by atoms with E-state index in [-0.39, 0.29) is 11.9 Å². The Hall–Kier alpha value is -2.93. The first-order chi connectivity index (χ1) is 12.2. The molecule has 1 unspecified atom stereocenters. The zero-order valence-electron chi connectivity index (χ0n) is 13.9. The zero-order chi connectivity index (χ0) is 17.2. The predicted molar refractivity (Wildman–Crippen MR) is 93.7 cm³/mol. The molecule has 1 atom stereocenters. The smallest absolute Gasteiger partial charge is 0.270 e. The fourth-order valence-corrected chi connectivity index (χ4v) is 2.82. The highest BCUT2D eigenvalue weighted by atomic mass is 16.5. The van der Waals surface area contributed by atoms with Crippen molar-refractivity contribution in [2.75, 3.05) is 19.7 Å². The normalized spacial score (nSPS) is 18.3. The highest BCUT2D eigenvalue weighted by Crippen LogP contribution is 2.27. The van der Waals surface area contributed by atoms with E-state index in [1.54, 1.807) is 23.0 Å². The lowest BCUT2D eigenvalue weighted by molar-refractivity contribution is 0.0948. The number of carbonyl (C=O) groups excluding carboxylic acids is 1. The van der Waals surface area contributed by atoms with Crippen LogP contribution in [0.25, 0.3) is 16.8 Å². The first-order valence-electron chi connectivity index (χ1n) is 8.30. The number of fused-ring (bicyclic) bond motifs is 4. The van der Waals surface area contributed by atoms with Gasteiger partial charge in [-0.15, -0.1) is 0 Å². The molecular weight excluding hydrogens is 318 g/mol. The van der Waals surface area contributed by atoms with Gasteiger partial charge in [-0.2, -0.15) is 5.10 Å². The van der Waals surface area contributed by atoms with E-state index in [4.69, 9.17) is 4.74 Å². The number of aromatic nitrogens is 3. The number of carbonyl (C=O) groups is 1. The Balaban J connectivity index is 1.81. The Bertz CT molecular complexity index is 921. The highest BCUT2D eigenvalue weighted by Gasteiger charge is 2.14. The van der Waals surface area contributed by atoms with Gasteiger partial charge in [-0.05, 0) is 30.7 Å². The summed E-state index contributed by atoms with van der Waals surface area (Å²) < 4.78 is 7.55. The lowest BCUT2D eigenvalue weighted by atomic mass is 10.1. The van der Waals surface area contributed by atoms with Gasteiger partial charge in [0, 0.05) is 30.9 Å². The first kappa shape index (κ1) is 15.6. The summed E-state index contributed by atoms with van der Waals surface area (Å²) in [4.78, 5) is 16.8. The molecule has 1 amide bonds. The monoisotopic (exact) mass is 337 g/mol. The molecule has 2 aromatic heterocycles. The van der Waals surface area contributed by atoms with Gasteiger partial charge in [0.15, 0.2) is 5.65 Å². The van der Waals surface area contributed by atoms with Crippen LogP contribution in [0.2, 0.25) is 0 Å². The lowest BCUT2D eigenvalue weighted by Gasteiger charge is -2.15. The van der Waals surface area contributed by atoms with Crippen molar-refractivity contribution in [1.82, 2.24) is 25.2 Å². The van der Waals surface area contributed by atoms with Crippen molar-refractivity contribution in [2.45, 2.75) is 13.0 Å². The van der Waals surface area contributed by atoms with Gasteiger partial charge in [-0.25, -0.2) is 9.50 Å². The van der Waals surface area contributed by atoms with E-state index in [9.17, 15) is 4.79 Å². The molecular formula is C18H19N5O2. The van der Waals surface area contributed by atoms with Gasteiger partial charge < -0.3 is 15.4 Å². The van der Waals surface area contributed by atoms with Crippen molar-refractivity contribution in [1.29, 1.82) is 0 Å². The van der Waals surface area contributed by atoms with Crippen molar-refractivity contribution in [3.63, 3.8) is 0 Å². The number of benzene rings is 1. The van der Waals surface area contributed by atoms with Gasteiger partial charge >= 0.3 is 0 Å². The second kappa shape index (κ2) is 6.52. The second-order valence-electron chi connectivity index (χ2n) is 6.09. The minimum atomic E-state index is -0.191. The molecule has 0 saturated carbocycles. The van der Waals surface area contributed by atoms with E-state index in [2.05, 4.69) is 27.6 Å². The summed E-state index contributed by atoms with van der Waals surface area (Å²) in [6, 6.07) is 9.68. The number of nitrogens with zero attached hydrogens (tertiary/aromatic N) is 3. The molecule has 1 aliphatic rings. The molecule has 1 aliphatic heterocycles. The molecule has 1 aromatic carbocycles. The van der Waals surface area contributed by atoms with Crippen LogP contribution in [0.15, 0.2) is 42.7 Å². The highest BCUT2D eigenvalue weighted by molar-refractivity contribution is 5.93. The van der Waals surface area contributed by atoms with E-state index >= 15 is 0 Å². The van der Waals surface area contributed by atoms with Gasteiger partial charge in [0.2, 0.25) is 0 Å². The van der Waals surface area contributed by atoms with E-state index in [1.807, 2.05) is 24.3 Å². The Morgan fingerprint density at radius 1 is 1.28 bits per heavy atom. The SMILES string of the molecule is CC1COc2cccc(c2)-c2cnn3ccc(nc23)C(=O)NCCN1. The number of ether oxygens (including phenoxy) is 1. The van der Waals surface area contributed by atoms with Crippen molar-refractivity contribution in [3.8, 4) is 16.9 Å². The van der Waals surface area contributed by atoms with E-state index < -0.39 is 0 Å². The fraction of sp³-hybridized carbons (Fsp3) is 0.278. The average Bonchev–Trinajstić information content (AvgIpc) is 3.06. The van der Waals surface area contributed by atoms with Crippen molar-refractivity contribution in [2.24, 2.45) is 0 Å². The molecule has 4 rings (SSSR count). The topological polar surface area (TPSA) is 80.5 Å². The molecule has 0 aliphatic carbocycles. The maximum absolute atomic E-state index is 12.3. The van der Waals surface area contributed by atoms with Gasteiger partial charge in [0.05, 0.1) is 6.20 Å². The van der Waals surface area contributed by atoms with Gasteiger partial charge in [0.25, 0.3) is 5.91 Å². The van der Waals surface area contributed by atoms with Crippen LogP contribution >= 0.6 is 0 Å². The van der Waals surface area contributed by atoms with Gasteiger partial charge in [0.1, 0.15) is 18.1 Å². The summed E-state index contributed by atoms with van der Waals surface area (Å²) in [5, 5.41) is 10.5. The molecule has 0 spiro atoms. The maximum atomic E-state index is 12.3. The largest absolute Gasteiger partial charge is 0.492 e. The molecule has 7 nitrogen and oxygen atoms in total. The third kappa shape index (κ3) is 3.18. The third-order valence-corrected chi connectivity index (χ3v) is 4.15. The van der Waals surface area contributed by atoms with Crippen LogP contribution < -0.4 is 15.4 Å². The summed E-state index contributed by atoms with van der Waals surface area (Å²) >= 11 is 0. The predicted octanol–water partition coefficient (Wildman–Crippen LogP) is 1.50. The number of hydrogen-bond donors (Lipinski definition) is 2. The molecule has 4 bridgehead atoms. The third-order valence-electron chi connectivity index (χ3n) is 4.15. The number of hydrogen-bond acceptors (Lipinski definition) is 5. The summed E-state index contributed by atoms with van der Waals surface area (Å²) in [5.41, 5.74) is 2.84. The molecule has 3 aromatic rings. The number of nitrogens with one attached hydrogen (secondary N) is 2. The Labute approximate surface area is 145 Å². The van der Waals surface area contributed by atoms with Gasteiger partial charge in [-0.3, -0.25) is 4.79 Å². The van der Waals surface area contributed by atoms with Crippen LogP contribution in [-0.2, 0) is 0 Å². The van der Waals surface area contributed by atoms with Crippen molar-refractivity contribution < 1.29 is 9.53 Å². The van der Waals surface area contributed by atoms with Crippen LogP contribution in [0.4, 0.5) is 0 Å². The van der Waals surface area contributed by atoms with Crippen LogP contribution in [0.1, 0.15) is 17.4 Å². The van der Waals surface area contributed by atoms with Crippen LogP contribution in [0, 0.1) is 0 Å². The maximum Gasteiger partial charge on any atom is 0.270 e. The van der Waals surface area contributed by atoms with Crippen molar-refractivity contribution in [3.05, 3.63) is 48.4 Å². The number of amides is 1. The molecule has 25 heavy (non-hydrogen) atoms. The molecule has 2 N–H and O–H groups in total. The Kier molecular flexibility index (Phi) is 4.07. The first-order valence-corrected chi connectivity index (χ1v) is 8.30. The summed E-state index contributed by atoms with van der Waals surface area (Å²) in [6.07, 6.45) is 3.50. The van der Waals surface area contributed by atoms with Crippen molar-refractivity contribution >= 4 is 11.6 Å². The second-order valence-corrected chi connectivity index (χ2v) is 6.09. The van der Waals surface area contributed by atoms with Crippen LogP contribution in [0.3, 0.4) is 0 Å². The summed E-state index contributed by atoms with van der Waals surface area (Å²) in [7, 11) is 0. The molecule has 0 radical (unpaired) electrons. The standard InChI is InChI=1S/C18H19N5O2/c1-12-11-25-14-4-2-3-13(9-14)15-10-21-23-8-5-16(22-17(15)23)18(24)20-7-6-19-12/h2-5,8-10,12,19H,6-7,11H2,1H3,(H,20,24). The van der Waals surface area contributed by atoms with E-state index in [1.165, 1.54) is 0 Å². The van der Waals surface area contributed by atoms with Crippen LogP contribution in [0.5, 0.6) is 5.75 Å². The molecule has 0 fully saturated rings. The fourth-order valence-electron chi connectivity index (χ4n) is 2.82. The van der Waals surface area contributed by atoms with Gasteiger partial charge in [-0.1, -0.05) is 12.1 Å². The molecule has 7 heteroatoms. The van der Waals surface area contributed by atoms with E-state index in [0.717, 1.165) is 16.9 Å².